The van der Waals surface area contributed by atoms with Crippen molar-refractivity contribution in [3.63, 3.8) is 0 Å². The summed E-state index contributed by atoms with van der Waals surface area (Å²) in [5, 5.41) is 13.5. The molecule has 0 aliphatic heterocycles. The monoisotopic (exact) mass is 699 g/mol. The summed E-state index contributed by atoms with van der Waals surface area (Å²) in [7, 11) is -4.34. The molecule has 0 heterocycles. The van der Waals surface area contributed by atoms with Gasteiger partial charge in [-0.25, -0.2) is 4.57 Å². The third-order valence-corrected chi connectivity index (χ3v) is 9.42. The number of aliphatic hydroxyl groups is 1. The highest BCUT2D eigenvalue weighted by Crippen LogP contribution is 2.43. The number of phosphoric ester groups is 1. The Morgan fingerprint density at radius 3 is 1.62 bits per heavy atom. The summed E-state index contributed by atoms with van der Waals surface area (Å²) in [5.74, 6) is -0.210. The SMILES string of the molecule is CCCCCC/C=C/CC/C=C/C(O)C(COP(=O)(O)OCCN)NC(=O)CCCCCCCCCCC/C=C\CCCCCCCC. The van der Waals surface area contributed by atoms with E-state index in [1.807, 2.05) is 6.08 Å². The molecule has 0 aromatic heterocycles. The first-order valence-corrected chi connectivity index (χ1v) is 21.1. The lowest BCUT2D eigenvalue weighted by Gasteiger charge is -2.23. The number of hydrogen-bond donors (Lipinski definition) is 4. The highest BCUT2D eigenvalue weighted by Gasteiger charge is 2.26. The van der Waals surface area contributed by atoms with E-state index in [2.05, 4.69) is 43.5 Å². The first kappa shape index (κ1) is 46.7. The predicted octanol–water partition coefficient (Wildman–Crippen LogP) is 10.4. The molecule has 0 saturated heterocycles. The molecule has 3 atom stereocenters. The van der Waals surface area contributed by atoms with Crippen LogP contribution in [0.2, 0.25) is 0 Å². The Bertz CT molecular complexity index is 850. The average Bonchev–Trinajstić information content (AvgIpc) is 3.07. The number of unbranched alkanes of at least 4 members (excludes halogenated alkanes) is 20. The molecule has 0 saturated carbocycles. The molecule has 48 heavy (non-hydrogen) atoms. The summed E-state index contributed by atoms with van der Waals surface area (Å²) in [5.41, 5.74) is 5.35. The third kappa shape index (κ3) is 33.2. The number of nitrogens with one attached hydrogen (secondary N) is 1. The van der Waals surface area contributed by atoms with E-state index in [1.165, 1.54) is 116 Å². The molecule has 0 bridgehead atoms. The van der Waals surface area contributed by atoms with Crippen molar-refractivity contribution >= 4 is 13.7 Å². The van der Waals surface area contributed by atoms with Gasteiger partial charge in [-0.2, -0.15) is 0 Å². The van der Waals surface area contributed by atoms with Gasteiger partial charge in [0.1, 0.15) is 0 Å². The molecule has 0 fully saturated rings. The van der Waals surface area contributed by atoms with Crippen LogP contribution in [0.3, 0.4) is 0 Å². The van der Waals surface area contributed by atoms with Crippen LogP contribution in [-0.2, 0) is 18.4 Å². The molecule has 0 aromatic rings. The predicted molar refractivity (Wildman–Crippen MR) is 203 cm³/mol. The second-order valence-electron chi connectivity index (χ2n) is 13.1. The molecule has 3 unspecified atom stereocenters. The molecule has 0 rings (SSSR count). The molecule has 0 aliphatic carbocycles. The van der Waals surface area contributed by atoms with E-state index < -0.39 is 20.0 Å². The number of aliphatic hydroxyl groups excluding tert-OH is 1. The summed E-state index contributed by atoms with van der Waals surface area (Å²) in [6.07, 6.45) is 40.6. The van der Waals surface area contributed by atoms with Gasteiger partial charge in [-0.15, -0.1) is 0 Å². The fourth-order valence-electron chi connectivity index (χ4n) is 5.43. The second-order valence-corrected chi connectivity index (χ2v) is 14.6. The number of carbonyl (C=O) groups excluding carboxylic acids is 1. The topological polar surface area (TPSA) is 131 Å². The molecule has 5 N–H and O–H groups in total. The van der Waals surface area contributed by atoms with E-state index in [0.717, 1.165) is 38.5 Å². The van der Waals surface area contributed by atoms with Crippen LogP contribution in [-0.4, -0.2) is 47.8 Å². The lowest BCUT2D eigenvalue weighted by atomic mass is 10.0. The maximum absolute atomic E-state index is 12.7. The molecule has 0 radical (unpaired) electrons. The number of phosphoric acid groups is 1. The number of allylic oxidation sites excluding steroid dienone is 5. The van der Waals surface area contributed by atoms with Crippen LogP contribution in [0.15, 0.2) is 36.5 Å². The zero-order valence-corrected chi connectivity index (χ0v) is 31.9. The fraction of sp³-hybridized carbons (Fsp3) is 0.821. The Hall–Kier alpha value is -1.28. The van der Waals surface area contributed by atoms with Gasteiger partial charge >= 0.3 is 7.82 Å². The minimum atomic E-state index is -4.34. The van der Waals surface area contributed by atoms with Crippen molar-refractivity contribution in [3.8, 4) is 0 Å². The standard InChI is InChI=1S/C39H75N2O6P/c1-3-5-7-9-11-13-15-16-17-18-19-20-21-22-23-25-27-29-31-33-39(43)41-37(36-47-48(44,45)46-35-34-40)38(42)32-30-28-26-24-14-12-10-8-6-4-2/h14,16-17,24,30,32,37-38,42H,3-13,15,18-23,25-29,31,33-36,40H2,1-2H3,(H,41,43)(H,44,45)/b17-16-,24-14+,32-30+. The fourth-order valence-corrected chi connectivity index (χ4v) is 6.19. The van der Waals surface area contributed by atoms with E-state index in [4.69, 9.17) is 14.8 Å². The quantitative estimate of drug-likeness (QED) is 0.0291. The molecule has 1 amide bonds. The lowest BCUT2D eigenvalue weighted by molar-refractivity contribution is -0.123. The smallest absolute Gasteiger partial charge is 0.387 e. The number of rotatable bonds is 36. The Labute approximate surface area is 295 Å². The van der Waals surface area contributed by atoms with E-state index in [9.17, 15) is 19.4 Å². The van der Waals surface area contributed by atoms with Gasteiger partial charge in [-0.05, 0) is 57.8 Å². The summed E-state index contributed by atoms with van der Waals surface area (Å²) < 4.78 is 22.0. The van der Waals surface area contributed by atoms with Crippen molar-refractivity contribution in [1.29, 1.82) is 0 Å². The van der Waals surface area contributed by atoms with Crippen molar-refractivity contribution in [2.45, 2.75) is 187 Å². The molecule has 8 nitrogen and oxygen atoms in total. The van der Waals surface area contributed by atoms with E-state index in [1.54, 1.807) is 6.08 Å². The highest BCUT2D eigenvalue weighted by molar-refractivity contribution is 7.47. The minimum absolute atomic E-state index is 0.0733. The van der Waals surface area contributed by atoms with Crippen LogP contribution in [0.5, 0.6) is 0 Å². The van der Waals surface area contributed by atoms with Crippen molar-refractivity contribution in [1.82, 2.24) is 5.32 Å². The summed E-state index contributed by atoms with van der Waals surface area (Å²) >= 11 is 0. The van der Waals surface area contributed by atoms with Crippen molar-refractivity contribution < 1.29 is 28.4 Å². The molecule has 0 aromatic carbocycles. The lowest BCUT2D eigenvalue weighted by Crippen LogP contribution is -2.45. The van der Waals surface area contributed by atoms with Gasteiger partial charge in [0.15, 0.2) is 0 Å². The van der Waals surface area contributed by atoms with Gasteiger partial charge in [-0.3, -0.25) is 13.8 Å². The zero-order valence-electron chi connectivity index (χ0n) is 31.0. The normalized spacial score (nSPS) is 14.7. The Kier molecular flexibility index (Phi) is 34.6. The largest absolute Gasteiger partial charge is 0.472 e. The van der Waals surface area contributed by atoms with Gasteiger partial charge in [0.2, 0.25) is 5.91 Å². The van der Waals surface area contributed by atoms with Crippen LogP contribution in [0.25, 0.3) is 0 Å². The minimum Gasteiger partial charge on any atom is -0.387 e. The molecule has 282 valence electrons. The number of hydrogen-bond acceptors (Lipinski definition) is 6. The highest BCUT2D eigenvalue weighted by atomic mass is 31.2. The first-order valence-electron chi connectivity index (χ1n) is 19.6. The summed E-state index contributed by atoms with van der Waals surface area (Å²) in [6, 6.07) is -0.874. The number of carbonyl (C=O) groups is 1. The zero-order chi connectivity index (χ0) is 35.4. The molecular weight excluding hydrogens is 623 g/mol. The molecule has 0 spiro atoms. The van der Waals surface area contributed by atoms with Crippen LogP contribution < -0.4 is 11.1 Å². The average molecular weight is 699 g/mol. The molecule has 9 heteroatoms. The maximum Gasteiger partial charge on any atom is 0.472 e. The maximum atomic E-state index is 12.7. The van der Waals surface area contributed by atoms with Crippen LogP contribution in [0.4, 0.5) is 0 Å². The van der Waals surface area contributed by atoms with Gasteiger partial charge < -0.3 is 21.1 Å². The van der Waals surface area contributed by atoms with Crippen molar-refractivity contribution in [2.75, 3.05) is 19.8 Å². The Morgan fingerprint density at radius 2 is 1.10 bits per heavy atom. The number of amides is 1. The Balaban J connectivity index is 4.22. The number of nitrogens with two attached hydrogens (primary N) is 1. The summed E-state index contributed by atoms with van der Waals surface area (Å²) in [4.78, 5) is 22.6. The van der Waals surface area contributed by atoms with Crippen molar-refractivity contribution in [3.05, 3.63) is 36.5 Å². The van der Waals surface area contributed by atoms with Crippen LogP contribution in [0, 0.1) is 0 Å². The van der Waals surface area contributed by atoms with Gasteiger partial charge in [0.25, 0.3) is 0 Å². The Morgan fingerprint density at radius 1 is 0.667 bits per heavy atom. The van der Waals surface area contributed by atoms with Gasteiger partial charge in [0.05, 0.1) is 25.4 Å². The van der Waals surface area contributed by atoms with Crippen LogP contribution in [0.1, 0.15) is 174 Å². The van der Waals surface area contributed by atoms with Crippen LogP contribution >= 0.6 is 7.82 Å². The second kappa shape index (κ2) is 35.5. The first-order chi connectivity index (χ1) is 23.4. The third-order valence-electron chi connectivity index (χ3n) is 8.44. The summed E-state index contributed by atoms with van der Waals surface area (Å²) in [6.45, 7) is 4.06. The van der Waals surface area contributed by atoms with E-state index in [0.29, 0.717) is 6.42 Å². The molecular formula is C39H75N2O6P. The van der Waals surface area contributed by atoms with E-state index >= 15 is 0 Å². The van der Waals surface area contributed by atoms with Gasteiger partial charge in [0, 0.05) is 13.0 Å². The molecule has 0 aliphatic rings. The van der Waals surface area contributed by atoms with Gasteiger partial charge in [-0.1, -0.05) is 147 Å². The van der Waals surface area contributed by atoms with Crippen molar-refractivity contribution in [2.24, 2.45) is 5.73 Å². The van der Waals surface area contributed by atoms with E-state index in [-0.39, 0.29) is 25.7 Å².